The Balaban J connectivity index is 1.41. The summed E-state index contributed by atoms with van der Waals surface area (Å²) < 4.78 is 16.4. The van der Waals surface area contributed by atoms with Gasteiger partial charge in [-0.15, -0.1) is 0 Å². The number of hydrogen-bond donors (Lipinski definition) is 0. The van der Waals surface area contributed by atoms with Gasteiger partial charge in [-0.1, -0.05) is 64.9 Å². The van der Waals surface area contributed by atoms with Crippen molar-refractivity contribution < 1.29 is 23.8 Å². The summed E-state index contributed by atoms with van der Waals surface area (Å²) in [6, 6.07) is 7.42. The molecule has 1 aliphatic carbocycles. The van der Waals surface area contributed by atoms with Crippen LogP contribution in [0.2, 0.25) is 0 Å². The molecule has 0 bridgehead atoms. The quantitative estimate of drug-likeness (QED) is 0.102. The Labute approximate surface area is 206 Å². The van der Waals surface area contributed by atoms with E-state index in [0.29, 0.717) is 12.4 Å². The van der Waals surface area contributed by atoms with E-state index in [4.69, 9.17) is 14.2 Å². The second-order valence-corrected chi connectivity index (χ2v) is 9.60. The number of ether oxygens (including phenoxy) is 3. The molecule has 1 fully saturated rings. The van der Waals surface area contributed by atoms with E-state index in [1.165, 1.54) is 51.0 Å². The third-order valence-corrected chi connectivity index (χ3v) is 6.61. The standard InChI is InChI=1S/C29H44O5/c1-3-28(30)33-23-13-11-9-7-5-4-6-8-10-12-22-32-26-18-20-27(21-19-26)34-29(31)25-16-14-24(2)15-17-25/h3,18-21,24-25H,1,4-17,22-23H2,2H3. The Morgan fingerprint density at radius 1 is 0.794 bits per heavy atom. The Morgan fingerprint density at radius 2 is 1.29 bits per heavy atom. The van der Waals surface area contributed by atoms with Gasteiger partial charge in [-0.05, 0) is 68.7 Å². The smallest absolute Gasteiger partial charge is 0.330 e. The van der Waals surface area contributed by atoms with Crippen LogP contribution in [0.15, 0.2) is 36.9 Å². The molecule has 0 spiro atoms. The van der Waals surface area contributed by atoms with Crippen LogP contribution < -0.4 is 9.47 Å². The van der Waals surface area contributed by atoms with Crippen LogP contribution in [0, 0.1) is 11.8 Å². The van der Waals surface area contributed by atoms with Crippen molar-refractivity contribution in [1.82, 2.24) is 0 Å². The molecule has 0 atom stereocenters. The van der Waals surface area contributed by atoms with E-state index < -0.39 is 0 Å². The number of carbonyl (C=O) groups is 2. The van der Waals surface area contributed by atoms with Crippen molar-refractivity contribution in [3.05, 3.63) is 36.9 Å². The van der Waals surface area contributed by atoms with Gasteiger partial charge in [0.25, 0.3) is 0 Å². The molecule has 0 amide bonds. The molecule has 2 rings (SSSR count). The molecule has 0 heterocycles. The predicted molar refractivity (Wildman–Crippen MR) is 136 cm³/mol. The number of hydrogen-bond acceptors (Lipinski definition) is 5. The van der Waals surface area contributed by atoms with Gasteiger partial charge in [0, 0.05) is 6.08 Å². The van der Waals surface area contributed by atoms with Gasteiger partial charge in [-0.2, -0.15) is 0 Å². The Morgan fingerprint density at radius 3 is 1.85 bits per heavy atom. The summed E-state index contributed by atoms with van der Waals surface area (Å²) in [5, 5.41) is 0. The van der Waals surface area contributed by atoms with Crippen LogP contribution >= 0.6 is 0 Å². The van der Waals surface area contributed by atoms with E-state index in [1.807, 2.05) is 24.3 Å². The first-order chi connectivity index (χ1) is 16.6. The van der Waals surface area contributed by atoms with E-state index in [0.717, 1.165) is 63.2 Å². The zero-order valence-electron chi connectivity index (χ0n) is 21.1. The Hall–Kier alpha value is -2.30. The molecule has 1 saturated carbocycles. The van der Waals surface area contributed by atoms with Crippen molar-refractivity contribution in [2.45, 2.75) is 96.8 Å². The molecule has 0 N–H and O–H groups in total. The van der Waals surface area contributed by atoms with Crippen LogP contribution in [0.1, 0.15) is 96.8 Å². The van der Waals surface area contributed by atoms with Crippen LogP contribution in [-0.4, -0.2) is 25.2 Å². The number of rotatable bonds is 17. The summed E-state index contributed by atoms with van der Waals surface area (Å²) in [7, 11) is 0. The van der Waals surface area contributed by atoms with E-state index >= 15 is 0 Å². The fraction of sp³-hybridized carbons (Fsp3) is 0.655. The minimum Gasteiger partial charge on any atom is -0.494 e. The Kier molecular flexibility index (Phi) is 14.1. The highest BCUT2D eigenvalue weighted by molar-refractivity contribution is 5.81. The summed E-state index contributed by atoms with van der Waals surface area (Å²) in [5.74, 6) is 1.78. The molecule has 190 valence electrons. The lowest BCUT2D eigenvalue weighted by atomic mass is 9.83. The average molecular weight is 473 g/mol. The zero-order valence-corrected chi connectivity index (χ0v) is 21.1. The molecular formula is C29H44O5. The summed E-state index contributed by atoms with van der Waals surface area (Å²) in [6.45, 7) is 6.86. The summed E-state index contributed by atoms with van der Waals surface area (Å²) in [4.78, 5) is 23.2. The minimum absolute atomic E-state index is 0.0488. The Bertz CT molecular complexity index is 704. The molecule has 0 saturated heterocycles. The summed E-state index contributed by atoms with van der Waals surface area (Å²) >= 11 is 0. The molecule has 0 aliphatic heterocycles. The molecule has 5 heteroatoms. The lowest BCUT2D eigenvalue weighted by molar-refractivity contribution is -0.140. The molecular weight excluding hydrogens is 428 g/mol. The zero-order chi connectivity index (χ0) is 24.4. The second-order valence-electron chi connectivity index (χ2n) is 9.60. The van der Waals surface area contributed by atoms with Crippen molar-refractivity contribution in [3.8, 4) is 11.5 Å². The van der Waals surface area contributed by atoms with Gasteiger partial charge in [0.15, 0.2) is 0 Å². The maximum atomic E-state index is 12.3. The lowest BCUT2D eigenvalue weighted by Crippen LogP contribution is -2.24. The van der Waals surface area contributed by atoms with Gasteiger partial charge in [-0.3, -0.25) is 4.79 Å². The average Bonchev–Trinajstić information content (AvgIpc) is 2.85. The van der Waals surface area contributed by atoms with E-state index in [1.54, 1.807) is 0 Å². The maximum absolute atomic E-state index is 12.3. The van der Waals surface area contributed by atoms with Gasteiger partial charge in [0.2, 0.25) is 0 Å². The molecule has 1 aromatic rings. The normalized spacial score (nSPS) is 17.7. The van der Waals surface area contributed by atoms with Gasteiger partial charge in [-0.25, -0.2) is 4.79 Å². The predicted octanol–water partition coefficient (Wildman–Crippen LogP) is 7.43. The van der Waals surface area contributed by atoms with Crippen LogP contribution in [0.4, 0.5) is 0 Å². The fourth-order valence-electron chi connectivity index (χ4n) is 4.34. The fourth-order valence-corrected chi connectivity index (χ4v) is 4.34. The second kappa shape index (κ2) is 17.2. The first kappa shape index (κ1) is 27.9. The van der Waals surface area contributed by atoms with Crippen molar-refractivity contribution >= 4 is 11.9 Å². The SMILES string of the molecule is C=CC(=O)OCCCCCCCCCCCCOc1ccc(OC(=O)C2CCC(C)CC2)cc1. The van der Waals surface area contributed by atoms with Crippen LogP contribution in [0.3, 0.4) is 0 Å². The molecule has 1 aromatic carbocycles. The van der Waals surface area contributed by atoms with E-state index in [2.05, 4.69) is 13.5 Å². The molecule has 1 aliphatic rings. The number of benzene rings is 1. The van der Waals surface area contributed by atoms with Crippen molar-refractivity contribution in [1.29, 1.82) is 0 Å². The first-order valence-corrected chi connectivity index (χ1v) is 13.3. The van der Waals surface area contributed by atoms with E-state index in [9.17, 15) is 9.59 Å². The van der Waals surface area contributed by atoms with Crippen LogP contribution in [0.25, 0.3) is 0 Å². The third-order valence-electron chi connectivity index (χ3n) is 6.61. The van der Waals surface area contributed by atoms with Crippen LogP contribution in [-0.2, 0) is 14.3 Å². The highest BCUT2D eigenvalue weighted by Crippen LogP contribution is 2.30. The third kappa shape index (κ3) is 12.2. The molecule has 0 unspecified atom stereocenters. The minimum atomic E-state index is -0.328. The van der Waals surface area contributed by atoms with Crippen LogP contribution in [0.5, 0.6) is 11.5 Å². The van der Waals surface area contributed by atoms with Crippen molar-refractivity contribution in [2.24, 2.45) is 11.8 Å². The summed E-state index contributed by atoms with van der Waals surface area (Å²) in [5.41, 5.74) is 0. The number of unbranched alkanes of at least 4 members (excludes halogenated alkanes) is 9. The largest absolute Gasteiger partial charge is 0.494 e. The van der Waals surface area contributed by atoms with Gasteiger partial charge < -0.3 is 14.2 Å². The molecule has 0 aromatic heterocycles. The van der Waals surface area contributed by atoms with Gasteiger partial charge in [0.1, 0.15) is 11.5 Å². The first-order valence-electron chi connectivity index (χ1n) is 13.3. The highest BCUT2D eigenvalue weighted by atomic mass is 16.5. The van der Waals surface area contributed by atoms with Crippen molar-refractivity contribution in [2.75, 3.05) is 13.2 Å². The monoisotopic (exact) mass is 472 g/mol. The topological polar surface area (TPSA) is 61.8 Å². The highest BCUT2D eigenvalue weighted by Gasteiger charge is 2.25. The summed E-state index contributed by atoms with van der Waals surface area (Å²) in [6.07, 6.45) is 17.2. The number of esters is 2. The molecule has 5 nitrogen and oxygen atoms in total. The maximum Gasteiger partial charge on any atom is 0.330 e. The molecule has 34 heavy (non-hydrogen) atoms. The van der Waals surface area contributed by atoms with Gasteiger partial charge in [0.05, 0.1) is 19.1 Å². The van der Waals surface area contributed by atoms with Crippen molar-refractivity contribution in [3.63, 3.8) is 0 Å². The number of carbonyl (C=O) groups excluding carboxylic acids is 2. The van der Waals surface area contributed by atoms with E-state index in [-0.39, 0.29) is 17.9 Å². The van der Waals surface area contributed by atoms with Gasteiger partial charge >= 0.3 is 11.9 Å². The lowest BCUT2D eigenvalue weighted by Gasteiger charge is -2.24. The molecule has 0 radical (unpaired) electrons.